The van der Waals surface area contributed by atoms with E-state index in [0.717, 1.165) is 45.4 Å². The number of carbonyl (C=O) groups excluding carboxylic acids is 1. The maximum atomic E-state index is 12.3. The zero-order chi connectivity index (χ0) is 16.7. The van der Waals surface area contributed by atoms with Crippen LogP contribution in [0.3, 0.4) is 0 Å². The van der Waals surface area contributed by atoms with Gasteiger partial charge in [-0.05, 0) is 52.9 Å². The van der Waals surface area contributed by atoms with Gasteiger partial charge in [0.1, 0.15) is 0 Å². The largest absolute Gasteiger partial charge is 0.327 e. The van der Waals surface area contributed by atoms with E-state index in [-0.39, 0.29) is 4.87 Å². The van der Waals surface area contributed by atoms with Gasteiger partial charge in [0.05, 0.1) is 10.6 Å². The van der Waals surface area contributed by atoms with Gasteiger partial charge in [-0.15, -0.1) is 11.8 Å². The van der Waals surface area contributed by atoms with Crippen LogP contribution in [0.5, 0.6) is 0 Å². The van der Waals surface area contributed by atoms with Crippen molar-refractivity contribution in [3.05, 3.63) is 0 Å². The Morgan fingerprint density at radius 2 is 1.83 bits per heavy atom. The standard InChI is InChI=1S/C18H35N3OS/c1-4-5-6-7-12-20-14-9-18(10-15-20)21(17(22)16-23-18)13-8-11-19(2)3/h4-16H2,1-3H3. The first-order valence-corrected chi connectivity index (χ1v) is 10.4. The number of likely N-dealkylation sites (tertiary alicyclic amines) is 1. The van der Waals surface area contributed by atoms with Crippen molar-refractivity contribution in [2.45, 2.75) is 56.7 Å². The summed E-state index contributed by atoms with van der Waals surface area (Å²) < 4.78 is 0. The van der Waals surface area contributed by atoms with Gasteiger partial charge in [-0.3, -0.25) is 4.79 Å². The molecule has 2 saturated heterocycles. The first kappa shape index (κ1) is 19.1. The van der Waals surface area contributed by atoms with Gasteiger partial charge >= 0.3 is 0 Å². The fourth-order valence-corrected chi connectivity index (χ4v) is 5.12. The predicted octanol–water partition coefficient (Wildman–Crippen LogP) is 2.89. The summed E-state index contributed by atoms with van der Waals surface area (Å²) in [7, 11) is 4.21. The summed E-state index contributed by atoms with van der Waals surface area (Å²) in [5.74, 6) is 1.06. The number of unbranched alkanes of at least 4 members (excludes halogenated alkanes) is 3. The molecule has 2 rings (SSSR count). The predicted molar refractivity (Wildman–Crippen MR) is 99.9 cm³/mol. The second-order valence-electron chi connectivity index (χ2n) is 7.34. The molecule has 0 unspecified atom stereocenters. The number of nitrogens with zero attached hydrogens (tertiary/aromatic N) is 3. The Bertz CT molecular complexity index is 367. The van der Waals surface area contributed by atoms with Gasteiger partial charge in [-0.2, -0.15) is 0 Å². The molecule has 2 fully saturated rings. The Morgan fingerprint density at radius 3 is 2.48 bits per heavy atom. The molecule has 0 aromatic carbocycles. The van der Waals surface area contributed by atoms with Gasteiger partial charge < -0.3 is 14.7 Å². The average molecular weight is 342 g/mol. The van der Waals surface area contributed by atoms with E-state index >= 15 is 0 Å². The number of hydrogen-bond acceptors (Lipinski definition) is 4. The van der Waals surface area contributed by atoms with Crippen LogP contribution in [0.2, 0.25) is 0 Å². The van der Waals surface area contributed by atoms with E-state index in [1.807, 2.05) is 11.8 Å². The molecule has 4 nitrogen and oxygen atoms in total. The number of hydrogen-bond donors (Lipinski definition) is 0. The van der Waals surface area contributed by atoms with Crippen LogP contribution in [0.4, 0.5) is 0 Å². The summed E-state index contributed by atoms with van der Waals surface area (Å²) in [6.45, 7) is 7.83. The van der Waals surface area contributed by atoms with Crippen molar-refractivity contribution in [3.63, 3.8) is 0 Å². The molecule has 1 spiro atoms. The van der Waals surface area contributed by atoms with Gasteiger partial charge in [-0.1, -0.05) is 26.2 Å². The minimum Gasteiger partial charge on any atom is -0.327 e. The zero-order valence-corrected chi connectivity index (χ0v) is 16.2. The van der Waals surface area contributed by atoms with Crippen LogP contribution in [-0.2, 0) is 4.79 Å². The van der Waals surface area contributed by atoms with E-state index in [9.17, 15) is 4.79 Å². The second kappa shape index (κ2) is 9.28. The fourth-order valence-electron chi connectivity index (χ4n) is 3.76. The molecule has 0 saturated carbocycles. The van der Waals surface area contributed by atoms with Gasteiger partial charge in [0, 0.05) is 19.6 Å². The normalized spacial score (nSPS) is 21.7. The Morgan fingerprint density at radius 1 is 1.09 bits per heavy atom. The molecule has 0 aliphatic carbocycles. The molecular formula is C18H35N3OS. The lowest BCUT2D eigenvalue weighted by atomic mass is 10.0. The third-order valence-corrected chi connectivity index (χ3v) is 6.77. The molecule has 1 amide bonds. The second-order valence-corrected chi connectivity index (χ2v) is 8.68. The maximum Gasteiger partial charge on any atom is 0.233 e. The molecule has 2 aliphatic heterocycles. The number of piperidine rings is 1. The summed E-state index contributed by atoms with van der Waals surface area (Å²) in [6.07, 6.45) is 8.76. The van der Waals surface area contributed by atoms with Crippen molar-refractivity contribution >= 4 is 17.7 Å². The summed E-state index contributed by atoms with van der Waals surface area (Å²) in [5.41, 5.74) is 0. The Kier molecular flexibility index (Phi) is 7.70. The molecule has 5 heteroatoms. The van der Waals surface area contributed by atoms with Crippen molar-refractivity contribution in [3.8, 4) is 0 Å². The highest BCUT2D eigenvalue weighted by atomic mass is 32.2. The summed E-state index contributed by atoms with van der Waals surface area (Å²) in [6, 6.07) is 0. The van der Waals surface area contributed by atoms with E-state index in [2.05, 4.69) is 35.7 Å². The molecule has 0 atom stereocenters. The van der Waals surface area contributed by atoms with Gasteiger partial charge in [0.15, 0.2) is 0 Å². The van der Waals surface area contributed by atoms with Crippen LogP contribution in [0.1, 0.15) is 51.9 Å². The highest BCUT2D eigenvalue weighted by Crippen LogP contribution is 2.44. The molecular weight excluding hydrogens is 306 g/mol. The molecule has 0 aromatic heterocycles. The van der Waals surface area contributed by atoms with E-state index in [1.54, 1.807) is 0 Å². The third kappa shape index (κ3) is 5.36. The van der Waals surface area contributed by atoms with Gasteiger partial charge in [0.25, 0.3) is 0 Å². The molecule has 23 heavy (non-hydrogen) atoms. The SMILES string of the molecule is CCCCCCN1CCC2(CC1)SCC(=O)N2CCCN(C)C. The monoisotopic (exact) mass is 341 g/mol. The van der Waals surface area contributed by atoms with Crippen molar-refractivity contribution in [2.24, 2.45) is 0 Å². The first-order chi connectivity index (χ1) is 11.1. The smallest absolute Gasteiger partial charge is 0.233 e. The Hall–Kier alpha value is -0.260. The van der Waals surface area contributed by atoms with Gasteiger partial charge in [-0.25, -0.2) is 0 Å². The minimum absolute atomic E-state index is 0.114. The van der Waals surface area contributed by atoms with E-state index < -0.39 is 0 Å². The van der Waals surface area contributed by atoms with Crippen LogP contribution in [0.25, 0.3) is 0 Å². The third-order valence-electron chi connectivity index (χ3n) is 5.21. The maximum absolute atomic E-state index is 12.3. The van der Waals surface area contributed by atoms with Crippen LogP contribution in [-0.4, -0.2) is 78.0 Å². The highest BCUT2D eigenvalue weighted by molar-refractivity contribution is 8.01. The number of thioether (sulfide) groups is 1. The molecule has 0 radical (unpaired) electrons. The van der Waals surface area contributed by atoms with Crippen molar-refractivity contribution in [2.75, 3.05) is 52.6 Å². The number of rotatable bonds is 9. The molecule has 0 bridgehead atoms. The molecule has 134 valence electrons. The first-order valence-electron chi connectivity index (χ1n) is 9.39. The van der Waals surface area contributed by atoms with E-state index in [4.69, 9.17) is 0 Å². The lowest BCUT2D eigenvalue weighted by Crippen LogP contribution is -2.52. The molecule has 0 aromatic rings. The molecule has 0 N–H and O–H groups in total. The van der Waals surface area contributed by atoms with Crippen LogP contribution in [0, 0.1) is 0 Å². The average Bonchev–Trinajstić information content (AvgIpc) is 2.83. The molecule has 2 heterocycles. The fraction of sp³-hybridized carbons (Fsp3) is 0.944. The number of amides is 1. The minimum atomic E-state index is 0.114. The van der Waals surface area contributed by atoms with Gasteiger partial charge in [0.2, 0.25) is 5.91 Å². The Labute approximate surface area is 146 Å². The van der Waals surface area contributed by atoms with Crippen LogP contribution < -0.4 is 0 Å². The van der Waals surface area contributed by atoms with Crippen LogP contribution in [0.15, 0.2) is 0 Å². The quantitative estimate of drug-likeness (QED) is 0.603. The van der Waals surface area contributed by atoms with E-state index in [1.165, 1.54) is 32.2 Å². The summed E-state index contributed by atoms with van der Waals surface area (Å²) >= 11 is 1.91. The summed E-state index contributed by atoms with van der Waals surface area (Å²) in [5, 5.41) is 0. The van der Waals surface area contributed by atoms with Crippen molar-refractivity contribution in [1.29, 1.82) is 0 Å². The molecule has 2 aliphatic rings. The lowest BCUT2D eigenvalue weighted by Gasteiger charge is -2.44. The van der Waals surface area contributed by atoms with Crippen LogP contribution >= 0.6 is 11.8 Å². The lowest BCUT2D eigenvalue weighted by molar-refractivity contribution is -0.131. The highest BCUT2D eigenvalue weighted by Gasteiger charge is 2.47. The van der Waals surface area contributed by atoms with Crippen molar-refractivity contribution in [1.82, 2.24) is 14.7 Å². The van der Waals surface area contributed by atoms with Crippen molar-refractivity contribution < 1.29 is 4.79 Å². The Balaban J connectivity index is 1.78. The zero-order valence-electron chi connectivity index (χ0n) is 15.4. The topological polar surface area (TPSA) is 26.8 Å². The van der Waals surface area contributed by atoms with E-state index in [0.29, 0.717) is 11.7 Å². The number of carbonyl (C=O) groups is 1. The summed E-state index contributed by atoms with van der Waals surface area (Å²) in [4.78, 5) is 19.5.